The molecule has 1 aliphatic heterocycles. The molecular weight excluding hydrogens is 651 g/mol. The highest BCUT2D eigenvalue weighted by Gasteiger charge is 2.21. The highest BCUT2D eigenvalue weighted by Crippen LogP contribution is 2.39. The van der Waals surface area contributed by atoms with Crippen molar-refractivity contribution in [3.63, 3.8) is 0 Å². The second kappa shape index (κ2) is 16.0. The van der Waals surface area contributed by atoms with Crippen LogP contribution in [-0.4, -0.2) is 35.6 Å². The van der Waals surface area contributed by atoms with Crippen LogP contribution in [0.15, 0.2) is 66.7 Å². The number of nitrogens with zero attached hydrogens (tertiary/aromatic N) is 2. The average Bonchev–Trinajstić information content (AvgIpc) is 3.08. The summed E-state index contributed by atoms with van der Waals surface area (Å²) < 4.78 is 6.21. The first-order valence-electron chi connectivity index (χ1n) is 16.4. The normalized spacial score (nSPS) is 13.5. The van der Waals surface area contributed by atoms with Gasteiger partial charge in [-0.1, -0.05) is 48.0 Å². The number of hydrogen-bond donors (Lipinski definition) is 2. The molecule has 246 valence electrons. The molecule has 0 bridgehead atoms. The van der Waals surface area contributed by atoms with Gasteiger partial charge in [-0.3, -0.25) is 9.78 Å². The number of amides is 1. The highest BCUT2D eigenvalue weighted by molar-refractivity contribution is 6.31. The Balaban J connectivity index is 0.00000217. The molecule has 47 heavy (non-hydrogen) atoms. The van der Waals surface area contributed by atoms with Crippen molar-refractivity contribution in [1.82, 2.24) is 15.3 Å². The molecule has 0 saturated heterocycles. The van der Waals surface area contributed by atoms with E-state index < -0.39 is 0 Å². The van der Waals surface area contributed by atoms with E-state index in [2.05, 4.69) is 59.2 Å². The molecule has 5 aromatic rings. The maximum atomic E-state index is 12.7. The number of rotatable bonds is 10. The van der Waals surface area contributed by atoms with Gasteiger partial charge in [0.25, 0.3) is 0 Å². The van der Waals surface area contributed by atoms with Crippen LogP contribution >= 0.6 is 36.4 Å². The third-order valence-electron chi connectivity index (χ3n) is 9.06. The van der Waals surface area contributed by atoms with Crippen LogP contribution in [0.4, 0.5) is 5.69 Å². The first kappa shape index (κ1) is 34.7. The van der Waals surface area contributed by atoms with Crippen molar-refractivity contribution in [3.8, 4) is 17.0 Å². The summed E-state index contributed by atoms with van der Waals surface area (Å²) in [5.74, 6) is 1.04. The van der Waals surface area contributed by atoms with E-state index in [1.165, 1.54) is 35.3 Å². The lowest BCUT2D eigenvalue weighted by atomic mass is 9.92. The Kier molecular flexibility index (Phi) is 11.8. The molecule has 0 radical (unpaired) electrons. The van der Waals surface area contributed by atoms with Gasteiger partial charge in [-0.2, -0.15) is 0 Å². The third kappa shape index (κ3) is 7.77. The molecule has 3 heterocycles. The molecule has 0 unspecified atom stereocenters. The number of pyridine rings is 2. The molecule has 0 spiro atoms. The van der Waals surface area contributed by atoms with Crippen molar-refractivity contribution in [2.75, 3.05) is 25.0 Å². The third-order valence-corrected chi connectivity index (χ3v) is 9.29. The molecule has 1 amide bonds. The summed E-state index contributed by atoms with van der Waals surface area (Å²) >= 11 is 6.27. The predicted molar refractivity (Wildman–Crippen MR) is 198 cm³/mol. The minimum absolute atomic E-state index is 0. The quantitative estimate of drug-likeness (QED) is 0.143. The minimum Gasteiger partial charge on any atom is -0.493 e. The molecule has 0 saturated carbocycles. The average molecular weight is 692 g/mol. The van der Waals surface area contributed by atoms with Crippen molar-refractivity contribution in [2.45, 2.75) is 64.2 Å². The van der Waals surface area contributed by atoms with Crippen molar-refractivity contribution in [1.29, 1.82) is 0 Å². The largest absolute Gasteiger partial charge is 0.493 e. The van der Waals surface area contributed by atoms with Crippen LogP contribution in [0.1, 0.15) is 60.9 Å². The van der Waals surface area contributed by atoms with Crippen LogP contribution in [0.3, 0.4) is 0 Å². The smallest absolute Gasteiger partial charge is 0.220 e. The number of nitrogens with one attached hydrogen (secondary N) is 2. The second-order valence-corrected chi connectivity index (χ2v) is 12.6. The van der Waals surface area contributed by atoms with Crippen LogP contribution in [0.2, 0.25) is 5.02 Å². The van der Waals surface area contributed by atoms with Gasteiger partial charge in [0.15, 0.2) is 0 Å². The summed E-state index contributed by atoms with van der Waals surface area (Å²) in [7, 11) is 0. The fourth-order valence-corrected chi connectivity index (χ4v) is 6.94. The zero-order valence-corrected chi connectivity index (χ0v) is 28.8. The Bertz CT molecular complexity index is 1870. The number of aryl methyl sites for hydroxylation is 2. The van der Waals surface area contributed by atoms with Crippen LogP contribution < -0.4 is 15.4 Å². The summed E-state index contributed by atoms with van der Waals surface area (Å²) in [6.07, 6.45) is 9.48. The minimum atomic E-state index is 0. The van der Waals surface area contributed by atoms with Gasteiger partial charge in [-0.05, 0) is 99.2 Å². The van der Waals surface area contributed by atoms with Gasteiger partial charge >= 0.3 is 0 Å². The monoisotopic (exact) mass is 690 g/mol. The standard InChI is InChI=1S/C38H39ClN4O2.2ClH/c39-27-16-17-29-34(24-27)42-32-13-5-4-11-28(32)37(29)41-21-7-6-20-40-35(44)19-15-25-14-18-33-31(23-25)38-30(12-8-22-45-38)36(43-33)26-9-2-1-3-10-26;;/h1-3,9-10,14,16-18,23-24H,4-8,11-13,15,19-22H2,(H,40,44)(H,41,42);2*1H. The zero-order valence-electron chi connectivity index (χ0n) is 26.4. The Morgan fingerprint density at radius 1 is 0.809 bits per heavy atom. The first-order valence-corrected chi connectivity index (χ1v) is 16.8. The van der Waals surface area contributed by atoms with E-state index in [1.54, 1.807) is 0 Å². The second-order valence-electron chi connectivity index (χ2n) is 12.2. The summed E-state index contributed by atoms with van der Waals surface area (Å²) in [5, 5.41) is 9.73. The van der Waals surface area contributed by atoms with Gasteiger partial charge in [0.1, 0.15) is 5.75 Å². The zero-order chi connectivity index (χ0) is 30.6. The van der Waals surface area contributed by atoms with Crippen LogP contribution in [0.25, 0.3) is 33.1 Å². The molecule has 1 aliphatic carbocycles. The van der Waals surface area contributed by atoms with Crippen molar-refractivity contribution in [3.05, 3.63) is 94.1 Å². The molecule has 0 atom stereocenters. The number of fused-ring (bicyclic) bond motifs is 5. The predicted octanol–water partition coefficient (Wildman–Crippen LogP) is 9.09. The van der Waals surface area contributed by atoms with E-state index in [1.807, 2.05) is 18.2 Å². The van der Waals surface area contributed by atoms with Gasteiger partial charge in [0, 0.05) is 57.8 Å². The van der Waals surface area contributed by atoms with E-state index >= 15 is 0 Å². The van der Waals surface area contributed by atoms with E-state index in [0.29, 0.717) is 19.4 Å². The Morgan fingerprint density at radius 3 is 2.49 bits per heavy atom. The molecule has 2 N–H and O–H groups in total. The lowest BCUT2D eigenvalue weighted by molar-refractivity contribution is -0.121. The maximum absolute atomic E-state index is 12.7. The number of hydrogen-bond acceptors (Lipinski definition) is 5. The molecule has 0 fully saturated rings. The maximum Gasteiger partial charge on any atom is 0.220 e. The SMILES string of the molecule is Cl.Cl.O=C(CCc1ccc2nc(-c3ccccc3)c3c(c2c1)OCCC3)NCCCCNc1c2c(nc3cc(Cl)ccc13)CCCC2. The van der Waals surface area contributed by atoms with Gasteiger partial charge in [-0.25, -0.2) is 4.98 Å². The number of benzene rings is 3. The fraction of sp³-hybridized carbons (Fsp3) is 0.342. The number of anilines is 1. The van der Waals surface area contributed by atoms with Gasteiger partial charge in [0.2, 0.25) is 5.91 Å². The topological polar surface area (TPSA) is 76.1 Å². The summed E-state index contributed by atoms with van der Waals surface area (Å²) in [6, 6.07) is 22.7. The number of carbonyl (C=O) groups excluding carboxylic acids is 1. The van der Waals surface area contributed by atoms with Crippen molar-refractivity contribution >= 4 is 69.8 Å². The summed E-state index contributed by atoms with van der Waals surface area (Å²) in [6.45, 7) is 2.25. The molecule has 2 aromatic heterocycles. The number of unbranched alkanes of at least 4 members (excludes halogenated alkanes) is 1. The molecule has 9 heteroatoms. The molecule has 6 nitrogen and oxygen atoms in total. The van der Waals surface area contributed by atoms with E-state index in [4.69, 9.17) is 26.3 Å². The Morgan fingerprint density at radius 2 is 1.62 bits per heavy atom. The van der Waals surface area contributed by atoms with E-state index in [0.717, 1.165) is 101 Å². The van der Waals surface area contributed by atoms with Gasteiger partial charge in [0.05, 0.1) is 23.3 Å². The Hall–Kier alpha value is -3.58. The number of aromatic nitrogens is 2. The molecule has 3 aromatic carbocycles. The first-order chi connectivity index (χ1) is 22.1. The summed E-state index contributed by atoms with van der Waals surface area (Å²) in [4.78, 5) is 22.7. The lowest BCUT2D eigenvalue weighted by Crippen LogP contribution is -2.25. The number of ether oxygens (including phenoxy) is 1. The lowest BCUT2D eigenvalue weighted by Gasteiger charge is -2.22. The van der Waals surface area contributed by atoms with Crippen molar-refractivity contribution in [2.24, 2.45) is 0 Å². The van der Waals surface area contributed by atoms with Crippen molar-refractivity contribution < 1.29 is 9.53 Å². The fourth-order valence-electron chi connectivity index (χ4n) is 6.77. The molecular formula is C38H41Cl3N4O2. The molecule has 7 rings (SSSR count). The van der Waals surface area contributed by atoms with E-state index in [-0.39, 0.29) is 30.7 Å². The molecule has 2 aliphatic rings. The number of carbonyl (C=O) groups is 1. The van der Waals surface area contributed by atoms with Gasteiger partial charge in [-0.15, -0.1) is 24.8 Å². The summed E-state index contributed by atoms with van der Waals surface area (Å²) in [5.41, 5.74) is 10.1. The van der Waals surface area contributed by atoms with Crippen LogP contribution in [0.5, 0.6) is 5.75 Å². The van der Waals surface area contributed by atoms with E-state index in [9.17, 15) is 4.79 Å². The number of halogens is 3. The van der Waals surface area contributed by atoms with Crippen LogP contribution in [-0.2, 0) is 30.5 Å². The Labute approximate surface area is 293 Å². The van der Waals surface area contributed by atoms with Gasteiger partial charge < -0.3 is 15.4 Å². The van der Waals surface area contributed by atoms with Crippen LogP contribution in [0, 0.1) is 0 Å². The highest BCUT2D eigenvalue weighted by atomic mass is 35.5.